The van der Waals surface area contributed by atoms with E-state index in [-0.39, 0.29) is 23.9 Å². The summed E-state index contributed by atoms with van der Waals surface area (Å²) in [5.41, 5.74) is 7.07. The van der Waals surface area contributed by atoms with Crippen LogP contribution in [0.5, 0.6) is 0 Å². The first-order valence-corrected chi connectivity index (χ1v) is 12.9. The summed E-state index contributed by atoms with van der Waals surface area (Å²) in [5.74, 6) is -0.0919. The van der Waals surface area contributed by atoms with E-state index in [1.165, 1.54) is 5.56 Å². The number of nitrogens with zero attached hydrogens (tertiary/aromatic N) is 3. The van der Waals surface area contributed by atoms with E-state index in [0.717, 1.165) is 34.0 Å². The number of amides is 1. The summed E-state index contributed by atoms with van der Waals surface area (Å²) < 4.78 is 2.22. The summed E-state index contributed by atoms with van der Waals surface area (Å²) in [6.07, 6.45) is 3.90. The van der Waals surface area contributed by atoms with Gasteiger partial charge in [-0.3, -0.25) is 9.78 Å². The molecule has 37 heavy (non-hydrogen) atoms. The van der Waals surface area contributed by atoms with Gasteiger partial charge in [0.2, 0.25) is 5.91 Å². The molecule has 2 N–H and O–H groups in total. The van der Waals surface area contributed by atoms with Gasteiger partial charge in [-0.2, -0.15) is 0 Å². The Morgan fingerprint density at radius 3 is 2.43 bits per heavy atom. The molecule has 5 rings (SSSR count). The molecule has 188 valence electrons. The minimum atomic E-state index is -0.145. The van der Waals surface area contributed by atoms with Crippen LogP contribution in [0, 0.1) is 19.8 Å². The van der Waals surface area contributed by atoms with Crippen molar-refractivity contribution in [3.8, 4) is 5.69 Å². The fraction of sp³-hybridized carbons (Fsp3) is 0.233. The second kappa shape index (κ2) is 10.2. The number of aromatic nitrogens is 2. The van der Waals surface area contributed by atoms with Crippen molar-refractivity contribution < 1.29 is 4.79 Å². The summed E-state index contributed by atoms with van der Waals surface area (Å²) in [4.78, 5) is 19.1. The van der Waals surface area contributed by atoms with Crippen LogP contribution in [0.25, 0.3) is 5.69 Å². The number of aryl methyl sites for hydroxylation is 2. The molecule has 1 fully saturated rings. The van der Waals surface area contributed by atoms with E-state index in [4.69, 9.17) is 12.2 Å². The maximum absolute atomic E-state index is 12.3. The smallest absolute Gasteiger partial charge is 0.226 e. The van der Waals surface area contributed by atoms with E-state index in [1.54, 1.807) is 0 Å². The molecular formula is C30H31N5OS. The molecular weight excluding hydrogens is 478 g/mol. The van der Waals surface area contributed by atoms with Gasteiger partial charge in [-0.15, -0.1) is 0 Å². The highest BCUT2D eigenvalue weighted by molar-refractivity contribution is 7.80. The minimum absolute atomic E-state index is 0.00164. The number of carbonyl (C=O) groups excluding carboxylic acids is 1. The van der Waals surface area contributed by atoms with Gasteiger partial charge >= 0.3 is 0 Å². The molecule has 0 saturated carbocycles. The largest absolute Gasteiger partial charge is 0.351 e. The van der Waals surface area contributed by atoms with Crippen molar-refractivity contribution in [1.82, 2.24) is 14.9 Å². The molecule has 2 aromatic heterocycles. The first-order valence-electron chi connectivity index (χ1n) is 12.5. The zero-order valence-electron chi connectivity index (χ0n) is 21.5. The topological polar surface area (TPSA) is 62.2 Å². The lowest BCUT2D eigenvalue weighted by Crippen LogP contribution is -2.30. The molecule has 0 spiro atoms. The van der Waals surface area contributed by atoms with E-state index >= 15 is 0 Å². The van der Waals surface area contributed by atoms with E-state index < -0.39 is 0 Å². The second-order valence-electron chi connectivity index (χ2n) is 9.78. The Kier molecular flexibility index (Phi) is 6.80. The lowest BCUT2D eigenvalue weighted by atomic mass is 10.00. The molecule has 1 saturated heterocycles. The third-order valence-corrected chi connectivity index (χ3v) is 7.08. The number of hydrogen-bond acceptors (Lipinski definition) is 3. The Morgan fingerprint density at radius 1 is 1.00 bits per heavy atom. The van der Waals surface area contributed by atoms with Gasteiger partial charge < -0.3 is 20.1 Å². The number of thiocarbonyl (C=S) groups is 1. The molecule has 4 aromatic rings. The maximum Gasteiger partial charge on any atom is 0.226 e. The van der Waals surface area contributed by atoms with Crippen LogP contribution in [0.1, 0.15) is 48.4 Å². The first-order chi connectivity index (χ1) is 17.8. The van der Waals surface area contributed by atoms with Crippen molar-refractivity contribution in [1.29, 1.82) is 0 Å². The second-order valence-corrected chi connectivity index (χ2v) is 10.2. The van der Waals surface area contributed by atoms with Gasteiger partial charge in [-0.1, -0.05) is 37.6 Å². The van der Waals surface area contributed by atoms with Crippen molar-refractivity contribution in [2.75, 3.05) is 10.2 Å². The monoisotopic (exact) mass is 509 g/mol. The van der Waals surface area contributed by atoms with Gasteiger partial charge in [-0.25, -0.2) is 0 Å². The third kappa shape index (κ3) is 4.87. The minimum Gasteiger partial charge on any atom is -0.351 e. The molecule has 7 heteroatoms. The molecule has 3 heterocycles. The SMILES string of the molecule is Cc1ccc(-n2cccc2[C@H]2[C@@H](c3ccccn3)NC(=S)N2c2ccc(NC(=O)C(C)C)c(C)c2)cc1. The zero-order chi connectivity index (χ0) is 26.1. The van der Waals surface area contributed by atoms with E-state index in [9.17, 15) is 4.79 Å². The van der Waals surface area contributed by atoms with Crippen LogP contribution in [-0.2, 0) is 4.79 Å². The van der Waals surface area contributed by atoms with Gasteiger partial charge in [0, 0.05) is 41.1 Å². The highest BCUT2D eigenvalue weighted by Gasteiger charge is 2.42. The van der Waals surface area contributed by atoms with E-state index in [1.807, 2.05) is 57.3 Å². The Labute approximate surface area is 223 Å². The molecule has 0 unspecified atom stereocenters. The molecule has 2 aromatic carbocycles. The lowest BCUT2D eigenvalue weighted by molar-refractivity contribution is -0.118. The van der Waals surface area contributed by atoms with Crippen LogP contribution in [0.2, 0.25) is 0 Å². The van der Waals surface area contributed by atoms with Gasteiger partial charge in [0.05, 0.1) is 11.7 Å². The summed E-state index contributed by atoms with van der Waals surface area (Å²) in [6, 6.07) is 24.5. The highest BCUT2D eigenvalue weighted by atomic mass is 32.1. The quantitative estimate of drug-likeness (QED) is 0.300. The molecule has 0 bridgehead atoms. The average molecular weight is 510 g/mol. The summed E-state index contributed by atoms with van der Waals surface area (Å²) in [7, 11) is 0. The number of nitrogens with one attached hydrogen (secondary N) is 2. The number of anilines is 2. The fourth-order valence-electron chi connectivity index (χ4n) is 4.72. The molecule has 0 radical (unpaired) electrons. The Bertz CT molecular complexity index is 1430. The molecule has 1 amide bonds. The number of hydrogen-bond donors (Lipinski definition) is 2. The third-order valence-electron chi connectivity index (χ3n) is 6.76. The van der Waals surface area contributed by atoms with Crippen LogP contribution >= 0.6 is 12.2 Å². The number of benzene rings is 2. The van der Waals surface area contributed by atoms with Gasteiger partial charge in [-0.05, 0) is 86.2 Å². The lowest BCUT2D eigenvalue weighted by Gasteiger charge is -2.29. The standard InChI is InChI=1S/C30H31N5OS/c1-19(2)29(36)32-24-15-14-23(18-21(24)4)35-28(27(33-30(35)37)25-8-5-6-16-31-25)26-9-7-17-34(26)22-12-10-20(3)11-13-22/h5-19,27-28H,1-4H3,(H,32,36)(H,33,37)/t27-,28+/m1/s1. The number of rotatable bonds is 6. The van der Waals surface area contributed by atoms with E-state index in [0.29, 0.717) is 5.11 Å². The molecule has 1 aliphatic heterocycles. The fourth-order valence-corrected chi connectivity index (χ4v) is 5.07. The van der Waals surface area contributed by atoms with Crippen molar-refractivity contribution >= 4 is 34.6 Å². The molecule has 0 aliphatic carbocycles. The zero-order valence-corrected chi connectivity index (χ0v) is 22.3. The number of pyridine rings is 1. The summed E-state index contributed by atoms with van der Waals surface area (Å²) >= 11 is 5.92. The van der Waals surface area contributed by atoms with Crippen molar-refractivity contribution in [3.63, 3.8) is 0 Å². The van der Waals surface area contributed by atoms with Crippen LogP contribution in [0.3, 0.4) is 0 Å². The first kappa shape index (κ1) is 24.7. The van der Waals surface area contributed by atoms with Gasteiger partial charge in [0.25, 0.3) is 0 Å². The van der Waals surface area contributed by atoms with Crippen LogP contribution in [-0.4, -0.2) is 20.6 Å². The van der Waals surface area contributed by atoms with E-state index in [2.05, 4.69) is 80.7 Å². The summed E-state index contributed by atoms with van der Waals surface area (Å²) in [6.45, 7) is 7.87. The number of carbonyl (C=O) groups is 1. The average Bonchev–Trinajstić information content (AvgIpc) is 3.50. The Balaban J connectivity index is 1.59. The van der Waals surface area contributed by atoms with Gasteiger partial charge in [0.15, 0.2) is 5.11 Å². The van der Waals surface area contributed by atoms with Crippen LogP contribution < -0.4 is 15.5 Å². The Morgan fingerprint density at radius 2 is 1.76 bits per heavy atom. The van der Waals surface area contributed by atoms with Crippen LogP contribution in [0.4, 0.5) is 11.4 Å². The van der Waals surface area contributed by atoms with Crippen LogP contribution in [0.15, 0.2) is 85.2 Å². The molecule has 2 atom stereocenters. The highest BCUT2D eigenvalue weighted by Crippen LogP contribution is 2.42. The van der Waals surface area contributed by atoms with Crippen molar-refractivity contribution in [2.45, 2.75) is 39.8 Å². The van der Waals surface area contributed by atoms with Crippen molar-refractivity contribution in [2.24, 2.45) is 5.92 Å². The predicted molar refractivity (Wildman–Crippen MR) is 153 cm³/mol. The molecule has 6 nitrogen and oxygen atoms in total. The predicted octanol–water partition coefficient (Wildman–Crippen LogP) is 6.26. The van der Waals surface area contributed by atoms with Crippen molar-refractivity contribution in [3.05, 3.63) is 108 Å². The Hall–Kier alpha value is -3.97. The molecule has 1 aliphatic rings. The normalized spacial score (nSPS) is 17.2. The summed E-state index contributed by atoms with van der Waals surface area (Å²) in [5, 5.41) is 7.20. The van der Waals surface area contributed by atoms with Gasteiger partial charge in [0.1, 0.15) is 6.04 Å². The maximum atomic E-state index is 12.3.